The Morgan fingerprint density at radius 2 is 2.06 bits per heavy atom. The predicted octanol–water partition coefficient (Wildman–Crippen LogP) is -0.607. The summed E-state index contributed by atoms with van der Waals surface area (Å²) in [5, 5.41) is 9.27. The molecule has 0 aliphatic carbocycles. The molecule has 4 N–H and O–H groups in total. The normalized spacial score (nSPS) is 16.2. The van der Waals surface area contributed by atoms with Crippen molar-refractivity contribution >= 4 is 13.8 Å². The van der Waals surface area contributed by atoms with Crippen molar-refractivity contribution in [3.63, 3.8) is 0 Å². The summed E-state index contributed by atoms with van der Waals surface area (Å²) in [7, 11) is -4.20. The van der Waals surface area contributed by atoms with Gasteiger partial charge in [0.25, 0.3) is 0 Å². The largest absolute Gasteiger partial charge is 0.472 e. The van der Waals surface area contributed by atoms with Gasteiger partial charge in [0.05, 0.1) is 13.2 Å². The third-order valence-electron chi connectivity index (χ3n) is 1.53. The maximum Gasteiger partial charge on any atom is 0.472 e. The number of aliphatic hydroxyl groups is 1. The van der Waals surface area contributed by atoms with Crippen molar-refractivity contribution in [3.05, 3.63) is 0 Å². The van der Waals surface area contributed by atoms with E-state index in [1.807, 2.05) is 0 Å². The van der Waals surface area contributed by atoms with Gasteiger partial charge >= 0.3 is 13.8 Å². The Morgan fingerprint density at radius 3 is 2.59 bits per heavy atom. The number of phosphoric ester groups is 1. The molecule has 9 heteroatoms. The fraction of sp³-hybridized carbons (Fsp3) is 0.875. The number of hydrogen-bond donors (Lipinski definition) is 3. The Morgan fingerprint density at radius 1 is 1.41 bits per heavy atom. The van der Waals surface area contributed by atoms with Crippen LogP contribution in [0.4, 0.5) is 0 Å². The first-order valence-electron chi connectivity index (χ1n) is 5.07. The summed E-state index contributed by atoms with van der Waals surface area (Å²) in [5.41, 5.74) is 5.07. The molecule has 102 valence electrons. The highest BCUT2D eigenvalue weighted by Crippen LogP contribution is 2.42. The molecule has 0 saturated carbocycles. The minimum Gasteiger partial charge on any atom is -0.463 e. The standard InChI is InChI=1S/C8H18NO7P/c1-2-8(11)14-5-7(10)6-16-17(12,13)15-4-3-9/h7,10H,2-6,9H2,1H3,(H,12,13)/t7-/m1/s1. The van der Waals surface area contributed by atoms with Crippen LogP contribution in [0, 0.1) is 0 Å². The van der Waals surface area contributed by atoms with E-state index in [0.717, 1.165) is 0 Å². The van der Waals surface area contributed by atoms with Gasteiger partial charge in [0.2, 0.25) is 0 Å². The van der Waals surface area contributed by atoms with Crippen LogP contribution >= 0.6 is 7.82 Å². The molecule has 0 radical (unpaired) electrons. The Bertz CT molecular complexity index is 273. The summed E-state index contributed by atoms with van der Waals surface area (Å²) in [6.07, 6.45) is -1.00. The third kappa shape index (κ3) is 9.22. The van der Waals surface area contributed by atoms with Crippen molar-refractivity contribution in [2.45, 2.75) is 19.4 Å². The molecule has 0 saturated heterocycles. The van der Waals surface area contributed by atoms with Gasteiger partial charge in [0.1, 0.15) is 12.7 Å². The van der Waals surface area contributed by atoms with Gasteiger partial charge in [-0.2, -0.15) is 0 Å². The summed E-state index contributed by atoms with van der Waals surface area (Å²) in [6, 6.07) is 0. The molecule has 0 bridgehead atoms. The second-order valence-corrected chi connectivity index (χ2v) is 4.53. The van der Waals surface area contributed by atoms with E-state index >= 15 is 0 Å². The van der Waals surface area contributed by atoms with E-state index in [2.05, 4.69) is 13.8 Å². The van der Waals surface area contributed by atoms with Gasteiger partial charge in [-0.3, -0.25) is 13.8 Å². The summed E-state index contributed by atoms with van der Waals surface area (Å²) in [6.45, 7) is 0.770. The fourth-order valence-corrected chi connectivity index (χ4v) is 1.50. The Hall–Kier alpha value is -0.500. The number of aliphatic hydroxyl groups excluding tert-OH is 1. The molecule has 0 aromatic carbocycles. The smallest absolute Gasteiger partial charge is 0.463 e. The van der Waals surface area contributed by atoms with Crippen molar-refractivity contribution in [1.29, 1.82) is 0 Å². The first-order chi connectivity index (χ1) is 7.91. The number of phosphoric acid groups is 1. The van der Waals surface area contributed by atoms with Gasteiger partial charge in [0.15, 0.2) is 0 Å². The lowest BCUT2D eigenvalue weighted by atomic mass is 10.4. The number of esters is 1. The summed E-state index contributed by atoms with van der Waals surface area (Å²) < 4.78 is 24.6. The first kappa shape index (κ1) is 16.5. The minimum absolute atomic E-state index is 0.0740. The van der Waals surface area contributed by atoms with Crippen LogP contribution in [0.5, 0.6) is 0 Å². The van der Waals surface area contributed by atoms with Crippen LogP contribution in [0.25, 0.3) is 0 Å². The SMILES string of the molecule is CCC(=O)OC[C@@H](O)COP(=O)(O)OCCN. The van der Waals surface area contributed by atoms with Crippen molar-refractivity contribution in [2.24, 2.45) is 5.73 Å². The van der Waals surface area contributed by atoms with E-state index in [9.17, 15) is 14.5 Å². The first-order valence-corrected chi connectivity index (χ1v) is 6.56. The molecule has 0 rings (SSSR count). The van der Waals surface area contributed by atoms with Crippen LogP contribution in [-0.4, -0.2) is 48.4 Å². The quantitative estimate of drug-likeness (QED) is 0.374. The number of hydrogen-bond acceptors (Lipinski definition) is 7. The number of nitrogens with two attached hydrogens (primary N) is 1. The molecule has 0 aromatic rings. The van der Waals surface area contributed by atoms with E-state index in [1.165, 1.54) is 0 Å². The van der Waals surface area contributed by atoms with E-state index in [4.69, 9.17) is 10.6 Å². The van der Waals surface area contributed by atoms with E-state index < -0.39 is 26.5 Å². The number of carbonyl (C=O) groups is 1. The second kappa shape index (κ2) is 8.57. The number of carbonyl (C=O) groups excluding carboxylic acids is 1. The Labute approximate surface area is 99.3 Å². The van der Waals surface area contributed by atoms with Crippen LogP contribution in [0.3, 0.4) is 0 Å². The van der Waals surface area contributed by atoms with Crippen LogP contribution in [0.1, 0.15) is 13.3 Å². The maximum absolute atomic E-state index is 11.1. The lowest BCUT2D eigenvalue weighted by Gasteiger charge is -2.14. The third-order valence-corrected chi connectivity index (χ3v) is 2.51. The van der Waals surface area contributed by atoms with Crippen molar-refractivity contribution in [2.75, 3.05) is 26.4 Å². The van der Waals surface area contributed by atoms with Crippen LogP contribution < -0.4 is 5.73 Å². The predicted molar refractivity (Wildman–Crippen MR) is 58.0 cm³/mol. The van der Waals surface area contributed by atoms with Crippen LogP contribution in [0.15, 0.2) is 0 Å². The number of rotatable bonds is 9. The molecule has 17 heavy (non-hydrogen) atoms. The maximum atomic E-state index is 11.1. The summed E-state index contributed by atoms with van der Waals surface area (Å²) in [4.78, 5) is 19.8. The van der Waals surface area contributed by atoms with Crippen LogP contribution in [0.2, 0.25) is 0 Å². The zero-order valence-electron chi connectivity index (χ0n) is 9.57. The van der Waals surface area contributed by atoms with E-state index in [0.29, 0.717) is 0 Å². The lowest BCUT2D eigenvalue weighted by molar-refractivity contribution is -0.146. The molecular formula is C8H18NO7P. The highest BCUT2D eigenvalue weighted by atomic mass is 31.2. The average molecular weight is 271 g/mol. The molecule has 2 atom stereocenters. The molecule has 0 amide bonds. The Balaban J connectivity index is 3.78. The van der Waals surface area contributed by atoms with Gasteiger partial charge in [-0.15, -0.1) is 0 Å². The zero-order valence-corrected chi connectivity index (χ0v) is 10.5. The topological polar surface area (TPSA) is 128 Å². The van der Waals surface area contributed by atoms with Crippen molar-refractivity contribution in [1.82, 2.24) is 0 Å². The molecule has 0 aliphatic rings. The molecule has 0 heterocycles. The summed E-state index contributed by atoms with van der Waals surface area (Å²) >= 11 is 0. The second-order valence-electron chi connectivity index (χ2n) is 3.08. The van der Waals surface area contributed by atoms with Crippen molar-refractivity contribution < 1.29 is 33.1 Å². The molecular weight excluding hydrogens is 253 g/mol. The van der Waals surface area contributed by atoms with Gasteiger partial charge in [-0.1, -0.05) is 6.92 Å². The van der Waals surface area contributed by atoms with Crippen molar-refractivity contribution in [3.8, 4) is 0 Å². The van der Waals surface area contributed by atoms with E-state index in [1.54, 1.807) is 6.92 Å². The molecule has 0 fully saturated rings. The van der Waals surface area contributed by atoms with Gasteiger partial charge in [-0.05, 0) is 0 Å². The van der Waals surface area contributed by atoms with Gasteiger partial charge < -0.3 is 20.5 Å². The van der Waals surface area contributed by atoms with E-state index in [-0.39, 0.29) is 26.2 Å². The molecule has 0 aliphatic heterocycles. The molecule has 1 unspecified atom stereocenters. The lowest BCUT2D eigenvalue weighted by Crippen LogP contribution is -2.23. The highest BCUT2D eigenvalue weighted by molar-refractivity contribution is 7.47. The fourth-order valence-electron chi connectivity index (χ4n) is 0.725. The highest BCUT2D eigenvalue weighted by Gasteiger charge is 2.22. The molecule has 0 aromatic heterocycles. The Kier molecular flexibility index (Phi) is 8.32. The molecule has 0 spiro atoms. The zero-order chi connectivity index (χ0) is 13.3. The number of ether oxygens (including phenoxy) is 1. The minimum atomic E-state index is -4.20. The summed E-state index contributed by atoms with van der Waals surface area (Å²) in [5.74, 6) is -0.476. The molecule has 8 nitrogen and oxygen atoms in total. The van der Waals surface area contributed by atoms with Gasteiger partial charge in [0, 0.05) is 13.0 Å². The monoisotopic (exact) mass is 271 g/mol. The van der Waals surface area contributed by atoms with Crippen LogP contribution in [-0.2, 0) is 23.1 Å². The average Bonchev–Trinajstić information content (AvgIpc) is 2.31. The van der Waals surface area contributed by atoms with Gasteiger partial charge in [-0.25, -0.2) is 4.57 Å².